The van der Waals surface area contributed by atoms with E-state index in [0.717, 1.165) is 6.42 Å². The first-order valence-corrected chi connectivity index (χ1v) is 6.63. The van der Waals surface area contributed by atoms with Crippen LogP contribution in [0.25, 0.3) is 0 Å². The van der Waals surface area contributed by atoms with Gasteiger partial charge in [-0.2, -0.15) is 13.2 Å². The summed E-state index contributed by atoms with van der Waals surface area (Å²) in [6.07, 6.45) is -3.52. The molecule has 5 nitrogen and oxygen atoms in total. The van der Waals surface area contributed by atoms with Gasteiger partial charge in [0, 0.05) is 12.6 Å². The van der Waals surface area contributed by atoms with Gasteiger partial charge >= 0.3 is 6.18 Å². The van der Waals surface area contributed by atoms with E-state index in [-0.39, 0.29) is 17.3 Å². The van der Waals surface area contributed by atoms with Crippen molar-refractivity contribution in [2.24, 2.45) is 0 Å². The maximum atomic E-state index is 12.3. The summed E-state index contributed by atoms with van der Waals surface area (Å²) >= 11 is 0.488. The van der Waals surface area contributed by atoms with Crippen LogP contribution in [0.4, 0.5) is 18.3 Å². The smallest absolute Gasteiger partial charge is 0.379 e. The molecule has 0 aliphatic carbocycles. The summed E-state index contributed by atoms with van der Waals surface area (Å²) in [7, 11) is 0. The minimum atomic E-state index is -4.45. The number of hydrogen-bond acceptors (Lipinski definition) is 6. The molecule has 2 heterocycles. The molecular weight excluding hydrogens is 283 g/mol. The van der Waals surface area contributed by atoms with Crippen molar-refractivity contribution in [1.29, 1.82) is 0 Å². The Balaban J connectivity index is 1.78. The Kier molecular flexibility index (Phi) is 4.58. The van der Waals surface area contributed by atoms with Crippen LogP contribution in [0, 0.1) is 0 Å². The van der Waals surface area contributed by atoms with Gasteiger partial charge in [0.2, 0.25) is 10.1 Å². The van der Waals surface area contributed by atoms with Crippen LogP contribution in [-0.4, -0.2) is 42.2 Å². The third-order valence-electron chi connectivity index (χ3n) is 2.51. The van der Waals surface area contributed by atoms with Gasteiger partial charge in [-0.25, -0.2) is 0 Å². The SMILES string of the molecule is CC(COC1CCOC1)Nc1nnc(C(F)(F)F)s1. The van der Waals surface area contributed by atoms with Gasteiger partial charge in [-0.3, -0.25) is 0 Å². The lowest BCUT2D eigenvalue weighted by Crippen LogP contribution is -2.25. The number of nitrogens with zero attached hydrogens (tertiary/aromatic N) is 2. The van der Waals surface area contributed by atoms with Crippen molar-refractivity contribution in [2.45, 2.75) is 31.7 Å². The predicted octanol–water partition coefficient (Wildman–Crippen LogP) is 2.16. The molecule has 0 amide bonds. The first kappa shape index (κ1) is 14.5. The minimum absolute atomic E-state index is 0.0735. The topological polar surface area (TPSA) is 56.3 Å². The first-order valence-electron chi connectivity index (χ1n) is 5.81. The molecule has 0 aromatic carbocycles. The lowest BCUT2D eigenvalue weighted by molar-refractivity contribution is -0.138. The molecule has 0 spiro atoms. The molecule has 1 fully saturated rings. The maximum Gasteiger partial charge on any atom is 0.445 e. The van der Waals surface area contributed by atoms with Crippen LogP contribution < -0.4 is 5.32 Å². The molecule has 1 aliphatic heterocycles. The molecule has 1 N–H and O–H groups in total. The lowest BCUT2D eigenvalue weighted by atomic mass is 10.3. The molecule has 2 rings (SSSR count). The number of anilines is 1. The Morgan fingerprint density at radius 1 is 1.53 bits per heavy atom. The van der Waals surface area contributed by atoms with Crippen LogP contribution in [0.3, 0.4) is 0 Å². The first-order chi connectivity index (χ1) is 8.95. The van der Waals surface area contributed by atoms with Crippen molar-refractivity contribution < 1.29 is 22.6 Å². The second-order valence-electron chi connectivity index (χ2n) is 4.27. The second-order valence-corrected chi connectivity index (χ2v) is 5.25. The van der Waals surface area contributed by atoms with E-state index in [4.69, 9.17) is 9.47 Å². The summed E-state index contributed by atoms with van der Waals surface area (Å²) < 4.78 is 47.7. The van der Waals surface area contributed by atoms with Gasteiger partial charge in [-0.15, -0.1) is 10.2 Å². The molecule has 9 heteroatoms. The zero-order chi connectivity index (χ0) is 13.9. The number of aromatic nitrogens is 2. The Morgan fingerprint density at radius 3 is 2.89 bits per heavy atom. The molecule has 1 aliphatic rings. The molecule has 108 valence electrons. The number of halogens is 3. The number of hydrogen-bond donors (Lipinski definition) is 1. The van der Waals surface area contributed by atoms with Crippen LogP contribution in [-0.2, 0) is 15.7 Å². The number of nitrogens with one attached hydrogen (secondary N) is 1. The zero-order valence-electron chi connectivity index (χ0n) is 10.2. The van der Waals surface area contributed by atoms with Gasteiger partial charge in [0.05, 0.1) is 19.3 Å². The van der Waals surface area contributed by atoms with Crippen molar-refractivity contribution >= 4 is 16.5 Å². The highest BCUT2D eigenvalue weighted by Crippen LogP contribution is 2.33. The molecule has 2 atom stereocenters. The van der Waals surface area contributed by atoms with Gasteiger partial charge in [-0.05, 0) is 13.3 Å². The van der Waals surface area contributed by atoms with Crippen LogP contribution in [0.5, 0.6) is 0 Å². The minimum Gasteiger partial charge on any atom is -0.379 e. The van der Waals surface area contributed by atoms with Crippen molar-refractivity contribution in [3.63, 3.8) is 0 Å². The van der Waals surface area contributed by atoms with Gasteiger partial charge in [-0.1, -0.05) is 11.3 Å². The highest BCUT2D eigenvalue weighted by atomic mass is 32.1. The van der Waals surface area contributed by atoms with E-state index >= 15 is 0 Å². The van der Waals surface area contributed by atoms with Crippen LogP contribution in [0.2, 0.25) is 0 Å². The Bertz CT molecular complexity index is 407. The van der Waals surface area contributed by atoms with Gasteiger partial charge in [0.25, 0.3) is 0 Å². The van der Waals surface area contributed by atoms with E-state index in [1.54, 1.807) is 0 Å². The molecule has 1 saturated heterocycles. The van der Waals surface area contributed by atoms with Crippen LogP contribution in [0.1, 0.15) is 18.4 Å². The third kappa shape index (κ3) is 4.29. The standard InChI is InChI=1S/C10H14F3N3O2S/c1-6(4-18-7-2-3-17-5-7)14-9-16-15-8(19-9)10(11,12)13/h6-7H,2-5H2,1H3,(H,14,16). The van der Waals surface area contributed by atoms with Crippen LogP contribution in [0.15, 0.2) is 0 Å². The average Bonchev–Trinajstić information content (AvgIpc) is 2.95. The van der Waals surface area contributed by atoms with Crippen LogP contribution >= 0.6 is 11.3 Å². The molecule has 0 radical (unpaired) electrons. The summed E-state index contributed by atoms with van der Waals surface area (Å²) in [6, 6.07) is -0.144. The normalized spacial score (nSPS) is 21.6. The summed E-state index contributed by atoms with van der Waals surface area (Å²) in [5.41, 5.74) is 0. The lowest BCUT2D eigenvalue weighted by Gasteiger charge is -2.15. The van der Waals surface area contributed by atoms with Gasteiger partial charge < -0.3 is 14.8 Å². The zero-order valence-corrected chi connectivity index (χ0v) is 11.1. The van der Waals surface area contributed by atoms with Crippen molar-refractivity contribution in [3.05, 3.63) is 5.01 Å². The highest BCUT2D eigenvalue weighted by molar-refractivity contribution is 7.15. The molecule has 0 saturated carbocycles. The molecule has 1 aromatic rings. The molecule has 19 heavy (non-hydrogen) atoms. The Hall–Kier alpha value is -0.930. The molecule has 0 bridgehead atoms. The van der Waals surface area contributed by atoms with Crippen molar-refractivity contribution in [2.75, 3.05) is 25.1 Å². The van der Waals surface area contributed by atoms with Gasteiger partial charge in [0.1, 0.15) is 0 Å². The summed E-state index contributed by atoms with van der Waals surface area (Å²) in [4.78, 5) is 0. The number of alkyl halides is 3. The Morgan fingerprint density at radius 2 is 2.32 bits per heavy atom. The summed E-state index contributed by atoms with van der Waals surface area (Å²) in [5, 5.41) is 8.59. The van der Waals surface area contributed by atoms with E-state index in [1.807, 2.05) is 6.92 Å². The quantitative estimate of drug-likeness (QED) is 0.902. The average molecular weight is 297 g/mol. The largest absolute Gasteiger partial charge is 0.445 e. The molecular formula is C10H14F3N3O2S. The fourth-order valence-corrected chi connectivity index (χ4v) is 2.30. The highest BCUT2D eigenvalue weighted by Gasteiger charge is 2.35. The van der Waals surface area contributed by atoms with E-state index in [9.17, 15) is 13.2 Å². The van der Waals surface area contributed by atoms with Crippen molar-refractivity contribution in [1.82, 2.24) is 10.2 Å². The van der Waals surface area contributed by atoms with E-state index in [0.29, 0.717) is 31.2 Å². The Labute approximate surface area is 112 Å². The van der Waals surface area contributed by atoms with Crippen molar-refractivity contribution in [3.8, 4) is 0 Å². The molecule has 2 unspecified atom stereocenters. The fourth-order valence-electron chi connectivity index (χ4n) is 1.57. The van der Waals surface area contributed by atoms with E-state index in [1.165, 1.54) is 0 Å². The monoisotopic (exact) mass is 297 g/mol. The fraction of sp³-hybridized carbons (Fsp3) is 0.800. The molecule has 1 aromatic heterocycles. The van der Waals surface area contributed by atoms with Gasteiger partial charge in [0.15, 0.2) is 0 Å². The second kappa shape index (κ2) is 6.02. The summed E-state index contributed by atoms with van der Waals surface area (Å²) in [6.45, 7) is 3.46. The van der Waals surface area contributed by atoms with E-state index in [2.05, 4.69) is 15.5 Å². The number of ether oxygens (including phenoxy) is 2. The third-order valence-corrected chi connectivity index (χ3v) is 3.41. The van der Waals surface area contributed by atoms with E-state index < -0.39 is 11.2 Å². The predicted molar refractivity (Wildman–Crippen MR) is 63.2 cm³/mol. The summed E-state index contributed by atoms with van der Waals surface area (Å²) in [5.74, 6) is 0. The maximum absolute atomic E-state index is 12.3. The number of rotatable bonds is 5.